The van der Waals surface area contributed by atoms with Gasteiger partial charge in [0.25, 0.3) is 11.1 Å². The molecule has 4 aromatic rings. The quantitative estimate of drug-likeness (QED) is 0.478. The van der Waals surface area contributed by atoms with Crippen molar-refractivity contribution in [3.05, 3.63) is 73.1 Å². The van der Waals surface area contributed by atoms with Gasteiger partial charge in [0.15, 0.2) is 0 Å². The first-order chi connectivity index (χ1) is 13.8. The number of fused-ring (bicyclic) bond motifs is 2. The molecule has 0 atom stereocenters. The summed E-state index contributed by atoms with van der Waals surface area (Å²) in [6.07, 6.45) is 3.05. The topological polar surface area (TPSA) is 95.6 Å². The molecule has 0 N–H and O–H groups in total. The van der Waals surface area contributed by atoms with E-state index >= 15 is 0 Å². The van der Waals surface area contributed by atoms with Gasteiger partial charge < -0.3 is 4.74 Å². The van der Waals surface area contributed by atoms with Crippen LogP contribution in [0.5, 0.6) is 0 Å². The number of carbonyl (C=O) groups is 1. The summed E-state index contributed by atoms with van der Waals surface area (Å²) in [5.74, 6) is -0.608. The molecule has 29 heavy (non-hydrogen) atoms. The Morgan fingerprint density at radius 1 is 1.21 bits per heavy atom. The lowest BCUT2D eigenvalue weighted by Gasteiger charge is -2.08. The molecule has 0 bridgehead atoms. The maximum Gasteiger partial charge on any atom is 0.326 e. The molecule has 0 fully saturated rings. The number of esters is 1. The van der Waals surface area contributed by atoms with Gasteiger partial charge in [0.05, 0.1) is 17.4 Å². The minimum Gasteiger partial charge on any atom is -0.458 e. The van der Waals surface area contributed by atoms with Gasteiger partial charge in [-0.2, -0.15) is 0 Å². The SMILES string of the molecule is Cc1ccc2nc(COC(=O)Cn3cnc4sc(C)c(C)c4c3=O)cc(=O)n2c1. The summed E-state index contributed by atoms with van der Waals surface area (Å²) in [5, 5.41) is 0.530. The van der Waals surface area contributed by atoms with E-state index in [1.165, 1.54) is 32.7 Å². The summed E-state index contributed by atoms with van der Waals surface area (Å²) in [6.45, 7) is 5.27. The van der Waals surface area contributed by atoms with E-state index < -0.39 is 5.97 Å². The maximum absolute atomic E-state index is 12.7. The molecule has 0 aliphatic heterocycles. The number of hydrogen-bond acceptors (Lipinski definition) is 7. The van der Waals surface area contributed by atoms with E-state index in [-0.39, 0.29) is 24.3 Å². The fraction of sp³-hybridized carbons (Fsp3) is 0.250. The third kappa shape index (κ3) is 3.56. The molecule has 4 heterocycles. The molecule has 0 radical (unpaired) electrons. The summed E-state index contributed by atoms with van der Waals surface area (Å²) >= 11 is 1.45. The molecule has 0 aromatic carbocycles. The van der Waals surface area contributed by atoms with Crippen LogP contribution in [-0.2, 0) is 22.7 Å². The Morgan fingerprint density at radius 3 is 2.79 bits per heavy atom. The average Bonchev–Trinajstić information content (AvgIpc) is 2.97. The number of hydrogen-bond donors (Lipinski definition) is 0. The predicted octanol–water partition coefficient (Wildman–Crippen LogP) is 2.13. The molecule has 0 unspecified atom stereocenters. The van der Waals surface area contributed by atoms with Crippen LogP contribution in [0.2, 0.25) is 0 Å². The molecule has 0 aliphatic rings. The maximum atomic E-state index is 12.7. The zero-order valence-electron chi connectivity index (χ0n) is 16.1. The van der Waals surface area contributed by atoms with E-state index in [0.717, 1.165) is 16.0 Å². The number of ether oxygens (including phenoxy) is 1. The van der Waals surface area contributed by atoms with Gasteiger partial charge in [-0.1, -0.05) is 6.07 Å². The largest absolute Gasteiger partial charge is 0.458 e. The highest BCUT2D eigenvalue weighted by Crippen LogP contribution is 2.25. The Kier molecular flexibility index (Phi) is 4.75. The lowest BCUT2D eigenvalue weighted by atomic mass is 10.2. The van der Waals surface area contributed by atoms with Crippen molar-refractivity contribution in [1.82, 2.24) is 18.9 Å². The Morgan fingerprint density at radius 2 is 2.00 bits per heavy atom. The van der Waals surface area contributed by atoms with Crippen LogP contribution >= 0.6 is 11.3 Å². The lowest BCUT2D eigenvalue weighted by Crippen LogP contribution is -2.26. The van der Waals surface area contributed by atoms with Gasteiger partial charge in [-0.3, -0.25) is 23.4 Å². The zero-order chi connectivity index (χ0) is 20.7. The van der Waals surface area contributed by atoms with Crippen LogP contribution in [0.25, 0.3) is 15.9 Å². The van der Waals surface area contributed by atoms with Crippen molar-refractivity contribution < 1.29 is 9.53 Å². The van der Waals surface area contributed by atoms with Crippen molar-refractivity contribution >= 4 is 33.2 Å². The number of rotatable bonds is 4. The first kappa shape index (κ1) is 19.0. The van der Waals surface area contributed by atoms with Crippen LogP contribution in [0.1, 0.15) is 21.7 Å². The highest BCUT2D eigenvalue weighted by Gasteiger charge is 2.14. The number of aryl methyl sites for hydroxylation is 3. The van der Waals surface area contributed by atoms with Gasteiger partial charge in [-0.05, 0) is 38.0 Å². The van der Waals surface area contributed by atoms with Crippen molar-refractivity contribution in [3.8, 4) is 0 Å². The number of thiophene rings is 1. The second kappa shape index (κ2) is 7.25. The van der Waals surface area contributed by atoms with E-state index in [4.69, 9.17) is 4.74 Å². The van der Waals surface area contributed by atoms with Crippen molar-refractivity contribution in [1.29, 1.82) is 0 Å². The standard InChI is InChI=1S/C20H18N4O4S/c1-11-4-5-15-22-14(6-16(25)24(15)7-11)9-28-17(26)8-23-10-21-19-18(20(23)27)12(2)13(3)29-19/h4-7,10H,8-9H2,1-3H3. The predicted molar refractivity (Wildman–Crippen MR) is 109 cm³/mol. The molecule has 148 valence electrons. The molecule has 0 saturated heterocycles. The van der Waals surface area contributed by atoms with Gasteiger partial charge in [0.2, 0.25) is 0 Å². The first-order valence-electron chi connectivity index (χ1n) is 8.93. The van der Waals surface area contributed by atoms with E-state index in [0.29, 0.717) is 21.6 Å². The number of carbonyl (C=O) groups excluding carboxylic acids is 1. The van der Waals surface area contributed by atoms with Crippen LogP contribution in [0.3, 0.4) is 0 Å². The third-order valence-corrected chi connectivity index (χ3v) is 5.81. The Balaban J connectivity index is 1.52. The third-order valence-electron chi connectivity index (χ3n) is 4.70. The van der Waals surface area contributed by atoms with E-state index in [1.807, 2.05) is 26.8 Å². The highest BCUT2D eigenvalue weighted by atomic mass is 32.1. The first-order valence-corrected chi connectivity index (χ1v) is 9.75. The monoisotopic (exact) mass is 410 g/mol. The highest BCUT2D eigenvalue weighted by molar-refractivity contribution is 7.18. The Bertz CT molecular complexity index is 1380. The summed E-state index contributed by atoms with van der Waals surface area (Å²) in [5.41, 5.74) is 2.11. The molecule has 0 spiro atoms. The van der Waals surface area contributed by atoms with Crippen molar-refractivity contribution in [2.45, 2.75) is 33.9 Å². The minimum absolute atomic E-state index is 0.153. The van der Waals surface area contributed by atoms with Crippen molar-refractivity contribution in [3.63, 3.8) is 0 Å². The molecule has 0 amide bonds. The van der Waals surface area contributed by atoms with Crippen LogP contribution in [0, 0.1) is 20.8 Å². The van der Waals surface area contributed by atoms with E-state index in [1.54, 1.807) is 12.3 Å². The van der Waals surface area contributed by atoms with Crippen LogP contribution < -0.4 is 11.1 Å². The minimum atomic E-state index is -0.608. The number of pyridine rings is 1. The molecular weight excluding hydrogens is 392 g/mol. The number of nitrogens with zero attached hydrogens (tertiary/aromatic N) is 4. The van der Waals surface area contributed by atoms with Gasteiger partial charge in [-0.25, -0.2) is 9.97 Å². The fourth-order valence-corrected chi connectivity index (χ4v) is 4.04. The molecule has 4 aromatic heterocycles. The second-order valence-corrected chi connectivity index (χ2v) is 8.03. The van der Waals surface area contributed by atoms with Crippen LogP contribution in [0.4, 0.5) is 0 Å². The van der Waals surface area contributed by atoms with Gasteiger partial charge in [0, 0.05) is 17.1 Å². The van der Waals surface area contributed by atoms with E-state index in [2.05, 4.69) is 9.97 Å². The second-order valence-electron chi connectivity index (χ2n) is 6.82. The Labute approximate surface area is 169 Å². The van der Waals surface area contributed by atoms with Gasteiger partial charge in [0.1, 0.15) is 23.6 Å². The molecule has 0 aliphatic carbocycles. The van der Waals surface area contributed by atoms with Crippen molar-refractivity contribution in [2.24, 2.45) is 0 Å². The molecule has 4 rings (SSSR count). The summed E-state index contributed by atoms with van der Waals surface area (Å²) in [7, 11) is 0. The summed E-state index contributed by atoms with van der Waals surface area (Å²) in [4.78, 5) is 47.4. The molecule has 9 heteroatoms. The Hall–Kier alpha value is -3.33. The summed E-state index contributed by atoms with van der Waals surface area (Å²) in [6, 6.07) is 4.91. The zero-order valence-corrected chi connectivity index (χ0v) is 16.9. The number of aromatic nitrogens is 4. The van der Waals surface area contributed by atoms with Crippen LogP contribution in [-0.4, -0.2) is 24.9 Å². The summed E-state index contributed by atoms with van der Waals surface area (Å²) < 4.78 is 7.90. The smallest absolute Gasteiger partial charge is 0.326 e. The normalized spacial score (nSPS) is 11.3. The molecule has 8 nitrogen and oxygen atoms in total. The molecular formula is C20H18N4O4S. The van der Waals surface area contributed by atoms with E-state index in [9.17, 15) is 14.4 Å². The average molecular weight is 410 g/mol. The molecule has 0 saturated carbocycles. The lowest BCUT2D eigenvalue weighted by molar-refractivity contribution is -0.145. The van der Waals surface area contributed by atoms with Gasteiger partial charge >= 0.3 is 5.97 Å². The van der Waals surface area contributed by atoms with Crippen molar-refractivity contribution in [2.75, 3.05) is 0 Å². The van der Waals surface area contributed by atoms with Crippen LogP contribution in [0.15, 0.2) is 40.3 Å². The fourth-order valence-electron chi connectivity index (χ4n) is 3.05. The van der Waals surface area contributed by atoms with Gasteiger partial charge in [-0.15, -0.1) is 11.3 Å².